The fraction of sp³-hybridized carbons (Fsp3) is 0.533. The smallest absolute Gasteiger partial charge is 0.343 e. The van der Waals surface area contributed by atoms with Gasteiger partial charge in [-0.3, -0.25) is 0 Å². The lowest BCUT2D eigenvalue weighted by Crippen LogP contribution is -2.11. The van der Waals surface area contributed by atoms with Gasteiger partial charge in [-0.25, -0.2) is 9.59 Å². The Labute approximate surface area is 313 Å². The highest BCUT2D eigenvalue weighted by molar-refractivity contribution is 5.93. The van der Waals surface area contributed by atoms with Gasteiger partial charge in [-0.05, 0) is 91.4 Å². The number of ether oxygens (including phenoxy) is 4. The topological polar surface area (TPSA) is 94.8 Å². The van der Waals surface area contributed by atoms with Gasteiger partial charge >= 0.3 is 11.9 Å². The highest BCUT2D eigenvalue weighted by atomic mass is 16.5. The summed E-state index contributed by atoms with van der Waals surface area (Å²) in [6.07, 6.45) is 19.8. The molecule has 7 heteroatoms. The van der Waals surface area contributed by atoms with Gasteiger partial charge in [0.2, 0.25) is 0 Å². The van der Waals surface area contributed by atoms with Crippen LogP contribution in [0.25, 0.3) is 0 Å². The molecular weight excluding hydrogens is 650 g/mol. The molecule has 7 nitrogen and oxygen atoms in total. The fourth-order valence-corrected chi connectivity index (χ4v) is 5.98. The van der Waals surface area contributed by atoms with Gasteiger partial charge in [-0.15, -0.1) is 0 Å². The average Bonchev–Trinajstić information content (AvgIpc) is 3.14. The van der Waals surface area contributed by atoms with Gasteiger partial charge in [-0.2, -0.15) is 5.26 Å². The number of esters is 2. The second kappa shape index (κ2) is 24.8. The van der Waals surface area contributed by atoms with Gasteiger partial charge in [0.15, 0.2) is 0 Å². The molecule has 52 heavy (non-hydrogen) atoms. The van der Waals surface area contributed by atoms with Crippen LogP contribution in [0.1, 0.15) is 157 Å². The van der Waals surface area contributed by atoms with E-state index in [1.54, 1.807) is 66.7 Å². The van der Waals surface area contributed by atoms with Crippen LogP contribution in [0.15, 0.2) is 66.7 Å². The molecule has 0 aliphatic carbocycles. The van der Waals surface area contributed by atoms with Gasteiger partial charge in [0.25, 0.3) is 0 Å². The minimum absolute atomic E-state index is 0.274. The van der Waals surface area contributed by atoms with Crippen molar-refractivity contribution in [3.63, 3.8) is 0 Å². The van der Waals surface area contributed by atoms with E-state index in [9.17, 15) is 14.9 Å². The van der Waals surface area contributed by atoms with Gasteiger partial charge < -0.3 is 18.9 Å². The largest absolute Gasteiger partial charge is 0.494 e. The van der Waals surface area contributed by atoms with Crippen LogP contribution >= 0.6 is 0 Å². The second-order valence-corrected chi connectivity index (χ2v) is 14.4. The summed E-state index contributed by atoms with van der Waals surface area (Å²) in [5.41, 5.74) is 0.965. The van der Waals surface area contributed by atoms with Crippen molar-refractivity contribution < 1.29 is 28.5 Å². The van der Waals surface area contributed by atoms with Crippen LogP contribution in [0.3, 0.4) is 0 Å². The number of unbranched alkanes of at least 4 members (excludes halogenated alkanes) is 11. The monoisotopic (exact) mass is 711 g/mol. The summed E-state index contributed by atoms with van der Waals surface area (Å²) in [6.45, 7) is 10.2. The fourth-order valence-electron chi connectivity index (χ4n) is 5.98. The molecule has 0 aliphatic rings. The molecule has 0 spiro atoms. The van der Waals surface area contributed by atoms with E-state index < -0.39 is 11.9 Å². The van der Waals surface area contributed by atoms with Crippen molar-refractivity contribution in [1.82, 2.24) is 0 Å². The average molecular weight is 712 g/mol. The van der Waals surface area contributed by atoms with Crippen LogP contribution in [0.5, 0.6) is 23.0 Å². The van der Waals surface area contributed by atoms with E-state index in [1.165, 1.54) is 83.5 Å². The lowest BCUT2D eigenvalue weighted by Gasteiger charge is -2.13. The Morgan fingerprint density at radius 1 is 0.577 bits per heavy atom. The molecule has 3 rings (SSSR count). The number of hydrogen-bond donors (Lipinski definition) is 0. The first kappa shape index (κ1) is 42.1. The van der Waals surface area contributed by atoms with Crippen molar-refractivity contribution in [3.8, 4) is 29.1 Å². The van der Waals surface area contributed by atoms with Crippen LogP contribution < -0.4 is 18.9 Å². The molecule has 0 heterocycles. The third kappa shape index (κ3) is 16.8. The Bertz CT molecular complexity index is 1490. The zero-order valence-corrected chi connectivity index (χ0v) is 32.1. The molecule has 0 radical (unpaired) electrons. The normalized spacial score (nSPS) is 11.5. The van der Waals surface area contributed by atoms with Crippen molar-refractivity contribution in [3.05, 3.63) is 83.4 Å². The second-order valence-electron chi connectivity index (χ2n) is 14.4. The van der Waals surface area contributed by atoms with E-state index >= 15 is 0 Å². The van der Waals surface area contributed by atoms with Crippen LogP contribution in [0.4, 0.5) is 0 Å². The molecule has 282 valence electrons. The SMILES string of the molecule is CCCCCCCCCCCCCCOc1cc(C(=O)Oc2ccc(C(=O)Oc3ccc(OCC[C@@H](C)CCCC(C)C)cc3)cc2)ccc1C#N. The summed E-state index contributed by atoms with van der Waals surface area (Å²) in [5.74, 6) is 2.06. The van der Waals surface area contributed by atoms with Crippen molar-refractivity contribution in [2.45, 2.75) is 130 Å². The summed E-state index contributed by atoms with van der Waals surface area (Å²) >= 11 is 0. The minimum atomic E-state index is -0.585. The van der Waals surface area contributed by atoms with Crippen molar-refractivity contribution in [1.29, 1.82) is 5.26 Å². The van der Waals surface area contributed by atoms with Gasteiger partial charge in [0, 0.05) is 0 Å². The number of nitriles is 1. The van der Waals surface area contributed by atoms with E-state index in [4.69, 9.17) is 18.9 Å². The minimum Gasteiger partial charge on any atom is -0.494 e. The predicted octanol–water partition coefficient (Wildman–Crippen LogP) is 12.3. The molecule has 0 amide bonds. The first-order chi connectivity index (χ1) is 25.3. The first-order valence-electron chi connectivity index (χ1n) is 19.7. The van der Waals surface area contributed by atoms with Gasteiger partial charge in [-0.1, -0.05) is 118 Å². The number of benzene rings is 3. The Kier molecular flexibility index (Phi) is 20.1. The van der Waals surface area contributed by atoms with Crippen LogP contribution in [0, 0.1) is 23.2 Å². The number of nitrogens with zero attached hydrogens (tertiary/aromatic N) is 1. The highest BCUT2D eigenvalue weighted by Crippen LogP contribution is 2.24. The predicted molar refractivity (Wildman–Crippen MR) is 208 cm³/mol. The van der Waals surface area contributed by atoms with Crippen LogP contribution in [-0.2, 0) is 0 Å². The molecular formula is C45H61NO6. The van der Waals surface area contributed by atoms with E-state index in [0.29, 0.717) is 41.8 Å². The first-order valence-corrected chi connectivity index (χ1v) is 19.7. The molecule has 1 atom stereocenters. The zero-order chi connectivity index (χ0) is 37.4. The summed E-state index contributed by atoms with van der Waals surface area (Å²) in [5, 5.41) is 9.55. The molecule has 0 fully saturated rings. The maximum atomic E-state index is 12.9. The molecule has 0 aliphatic heterocycles. The Morgan fingerprint density at radius 2 is 1.10 bits per heavy atom. The quantitative estimate of drug-likeness (QED) is 0.0464. The molecule has 0 N–H and O–H groups in total. The number of carbonyl (C=O) groups is 2. The van der Waals surface area contributed by atoms with Crippen molar-refractivity contribution in [2.24, 2.45) is 11.8 Å². The third-order valence-electron chi connectivity index (χ3n) is 9.29. The van der Waals surface area contributed by atoms with Crippen molar-refractivity contribution in [2.75, 3.05) is 13.2 Å². The van der Waals surface area contributed by atoms with E-state index in [2.05, 4.69) is 33.8 Å². The van der Waals surface area contributed by atoms with Crippen LogP contribution in [0.2, 0.25) is 0 Å². The van der Waals surface area contributed by atoms with Gasteiger partial charge in [0.1, 0.15) is 29.1 Å². The lowest BCUT2D eigenvalue weighted by molar-refractivity contribution is 0.0730. The summed E-state index contributed by atoms with van der Waals surface area (Å²) in [6, 6.07) is 20.0. The van der Waals surface area contributed by atoms with E-state index in [-0.39, 0.29) is 11.3 Å². The molecule has 3 aromatic rings. The number of carbonyl (C=O) groups excluding carboxylic acids is 2. The van der Waals surface area contributed by atoms with E-state index in [1.807, 2.05) is 0 Å². The summed E-state index contributed by atoms with van der Waals surface area (Å²) < 4.78 is 22.9. The van der Waals surface area contributed by atoms with Gasteiger partial charge in [0.05, 0.1) is 29.9 Å². The van der Waals surface area contributed by atoms with E-state index in [0.717, 1.165) is 30.9 Å². The highest BCUT2D eigenvalue weighted by Gasteiger charge is 2.15. The molecule has 0 bridgehead atoms. The number of hydrogen-bond acceptors (Lipinski definition) is 7. The Hall–Kier alpha value is -4.31. The molecule has 0 saturated heterocycles. The molecule has 0 aromatic heterocycles. The van der Waals surface area contributed by atoms with Crippen LogP contribution in [-0.4, -0.2) is 25.2 Å². The molecule has 0 unspecified atom stereocenters. The summed E-state index contributed by atoms with van der Waals surface area (Å²) in [7, 11) is 0. The number of rotatable bonds is 26. The molecule has 3 aromatic carbocycles. The standard InChI is InChI=1S/C45H61NO6/c1-5-6-7-8-9-10-11-12-13-14-15-16-31-50-43-33-38(20-21-39(43)34-46)45(48)52-41-24-22-37(23-25-41)44(47)51-42-28-26-40(27-29-42)49-32-30-36(4)19-17-18-35(2)3/h20-29,33,35-36H,5-19,30-32H2,1-4H3/t36-/m0/s1. The maximum absolute atomic E-state index is 12.9. The third-order valence-corrected chi connectivity index (χ3v) is 9.29. The van der Waals surface area contributed by atoms with Crippen molar-refractivity contribution >= 4 is 11.9 Å². The maximum Gasteiger partial charge on any atom is 0.343 e. The summed E-state index contributed by atoms with van der Waals surface area (Å²) in [4.78, 5) is 25.7. The zero-order valence-electron chi connectivity index (χ0n) is 32.1. The Balaban J connectivity index is 1.38. The Morgan fingerprint density at radius 3 is 1.67 bits per heavy atom. The molecule has 0 saturated carbocycles. The lowest BCUT2D eigenvalue weighted by atomic mass is 9.98.